The molecule has 1 N–H and O–H groups in total. The molecule has 1 aliphatic rings. The van der Waals surface area contributed by atoms with E-state index in [4.69, 9.17) is 11.6 Å². The molecular formula is C24H21ClN2O5S. The summed E-state index contributed by atoms with van der Waals surface area (Å²) in [4.78, 5) is 24.5. The molecule has 1 aliphatic heterocycles. The monoisotopic (exact) mass is 484 g/mol. The first kappa shape index (κ1) is 22.8. The molecule has 7 nitrogen and oxygen atoms in total. The normalized spacial score (nSPS) is 13.2. The van der Waals surface area contributed by atoms with Crippen molar-refractivity contribution < 1.29 is 22.7 Å². The first-order valence-corrected chi connectivity index (χ1v) is 12.0. The Morgan fingerprint density at radius 2 is 1.64 bits per heavy atom. The fourth-order valence-electron chi connectivity index (χ4n) is 3.70. The maximum Gasteiger partial charge on any atom is 0.337 e. The van der Waals surface area contributed by atoms with Crippen LogP contribution in [0.1, 0.15) is 32.7 Å². The Morgan fingerprint density at radius 1 is 0.970 bits per heavy atom. The molecule has 0 spiro atoms. The summed E-state index contributed by atoms with van der Waals surface area (Å²) >= 11 is 5.90. The lowest BCUT2D eigenvalue weighted by Gasteiger charge is -2.30. The van der Waals surface area contributed by atoms with E-state index in [0.29, 0.717) is 46.9 Å². The number of nitrogens with one attached hydrogen (secondary N) is 1. The van der Waals surface area contributed by atoms with Gasteiger partial charge >= 0.3 is 5.97 Å². The molecule has 0 unspecified atom stereocenters. The van der Waals surface area contributed by atoms with Gasteiger partial charge in [-0.05, 0) is 85.1 Å². The first-order valence-electron chi connectivity index (χ1n) is 10.2. The third kappa shape index (κ3) is 4.72. The first-order chi connectivity index (χ1) is 15.8. The number of rotatable bonds is 5. The number of sulfonamides is 1. The van der Waals surface area contributed by atoms with Crippen LogP contribution in [0.25, 0.3) is 0 Å². The van der Waals surface area contributed by atoms with Crippen LogP contribution in [0.4, 0.5) is 11.4 Å². The van der Waals surface area contributed by atoms with Gasteiger partial charge in [0, 0.05) is 22.8 Å². The Morgan fingerprint density at radius 3 is 2.30 bits per heavy atom. The molecule has 0 radical (unpaired) electrons. The van der Waals surface area contributed by atoms with Crippen molar-refractivity contribution in [2.75, 3.05) is 23.3 Å². The highest BCUT2D eigenvalue weighted by molar-refractivity contribution is 7.92. The van der Waals surface area contributed by atoms with Gasteiger partial charge in [0.15, 0.2) is 0 Å². The number of ether oxygens (including phenoxy) is 1. The zero-order chi connectivity index (χ0) is 23.6. The molecule has 0 saturated carbocycles. The second-order valence-corrected chi connectivity index (χ2v) is 9.80. The summed E-state index contributed by atoms with van der Waals surface area (Å²) in [6.07, 6.45) is 1.30. The third-order valence-electron chi connectivity index (χ3n) is 5.38. The molecule has 3 aromatic rings. The number of aryl methyl sites for hydroxylation is 1. The van der Waals surface area contributed by atoms with E-state index >= 15 is 0 Å². The minimum atomic E-state index is -3.75. The van der Waals surface area contributed by atoms with Crippen molar-refractivity contribution in [3.05, 3.63) is 88.4 Å². The molecule has 0 saturated heterocycles. The van der Waals surface area contributed by atoms with Crippen molar-refractivity contribution in [3.8, 4) is 0 Å². The van der Waals surface area contributed by atoms with Crippen molar-refractivity contribution in [2.24, 2.45) is 0 Å². The number of methoxy groups -OCH3 is 1. The maximum absolute atomic E-state index is 13.2. The molecule has 170 valence electrons. The summed E-state index contributed by atoms with van der Waals surface area (Å²) in [6.45, 7) is 0.357. The standard InChI is InChI=1S/C24H21ClN2O5S/c1-32-24(29)16-4-9-20(10-5-16)26-23(28)18-6-13-22-17(15-18)3-2-14-27(22)33(30,31)21-11-7-19(25)8-12-21/h4-13,15H,2-3,14H2,1H3,(H,26,28). The van der Waals surface area contributed by atoms with Gasteiger partial charge < -0.3 is 10.1 Å². The van der Waals surface area contributed by atoms with Crippen LogP contribution in [0.5, 0.6) is 0 Å². The van der Waals surface area contributed by atoms with Crippen LogP contribution in [0.15, 0.2) is 71.6 Å². The molecule has 1 heterocycles. The smallest absolute Gasteiger partial charge is 0.337 e. The lowest BCUT2D eigenvalue weighted by molar-refractivity contribution is 0.0600. The molecule has 0 aromatic heterocycles. The number of hydrogen-bond acceptors (Lipinski definition) is 5. The molecule has 33 heavy (non-hydrogen) atoms. The van der Waals surface area contributed by atoms with E-state index in [-0.39, 0.29) is 10.8 Å². The summed E-state index contributed by atoms with van der Waals surface area (Å²) < 4.78 is 32.4. The highest BCUT2D eigenvalue weighted by atomic mass is 35.5. The van der Waals surface area contributed by atoms with E-state index in [1.807, 2.05) is 0 Å². The van der Waals surface area contributed by atoms with Gasteiger partial charge in [0.05, 0.1) is 23.3 Å². The minimum absolute atomic E-state index is 0.164. The number of fused-ring (bicyclic) bond motifs is 1. The SMILES string of the molecule is COC(=O)c1ccc(NC(=O)c2ccc3c(c2)CCCN3S(=O)(=O)c2ccc(Cl)cc2)cc1. The lowest BCUT2D eigenvalue weighted by Crippen LogP contribution is -2.35. The second kappa shape index (κ2) is 9.25. The van der Waals surface area contributed by atoms with E-state index < -0.39 is 16.0 Å². The molecule has 4 rings (SSSR count). The van der Waals surface area contributed by atoms with Crippen LogP contribution in [-0.4, -0.2) is 33.9 Å². The predicted octanol–water partition coefficient (Wildman–Crippen LogP) is 4.52. The quantitative estimate of drug-likeness (QED) is 0.537. The largest absolute Gasteiger partial charge is 0.465 e. The number of esters is 1. The molecule has 0 bridgehead atoms. The summed E-state index contributed by atoms with van der Waals surface area (Å²) in [5.74, 6) is -0.790. The fourth-order valence-corrected chi connectivity index (χ4v) is 5.37. The highest BCUT2D eigenvalue weighted by Gasteiger charge is 2.29. The molecule has 9 heteroatoms. The van der Waals surface area contributed by atoms with E-state index in [9.17, 15) is 18.0 Å². The number of carbonyl (C=O) groups excluding carboxylic acids is 2. The Labute approximate surface area is 197 Å². The molecule has 0 atom stereocenters. The predicted molar refractivity (Wildman–Crippen MR) is 126 cm³/mol. The van der Waals surface area contributed by atoms with E-state index in [2.05, 4.69) is 10.1 Å². The van der Waals surface area contributed by atoms with Gasteiger partial charge in [-0.3, -0.25) is 9.10 Å². The summed E-state index contributed by atoms with van der Waals surface area (Å²) in [5.41, 5.74) is 2.67. The zero-order valence-electron chi connectivity index (χ0n) is 17.7. The van der Waals surface area contributed by atoms with Gasteiger partial charge in [0.1, 0.15) is 0 Å². The van der Waals surface area contributed by atoms with Crippen molar-refractivity contribution in [2.45, 2.75) is 17.7 Å². The van der Waals surface area contributed by atoms with Crippen molar-refractivity contribution in [3.63, 3.8) is 0 Å². The third-order valence-corrected chi connectivity index (χ3v) is 7.46. The van der Waals surface area contributed by atoms with Crippen LogP contribution in [0.3, 0.4) is 0 Å². The Kier molecular flexibility index (Phi) is 6.40. The fraction of sp³-hybridized carbons (Fsp3) is 0.167. The number of anilines is 2. The Balaban J connectivity index is 1.56. The molecule has 0 fully saturated rings. The minimum Gasteiger partial charge on any atom is -0.465 e. The zero-order valence-corrected chi connectivity index (χ0v) is 19.3. The maximum atomic E-state index is 13.2. The number of halogens is 1. The van der Waals surface area contributed by atoms with Gasteiger partial charge in [-0.1, -0.05) is 11.6 Å². The molecular weight excluding hydrogens is 464 g/mol. The summed E-state index contributed by atoms with van der Waals surface area (Å²) in [7, 11) is -2.45. The van der Waals surface area contributed by atoms with E-state index in [0.717, 1.165) is 5.56 Å². The van der Waals surface area contributed by atoms with Crippen LogP contribution < -0.4 is 9.62 Å². The topological polar surface area (TPSA) is 92.8 Å². The van der Waals surface area contributed by atoms with Gasteiger partial charge in [0.25, 0.3) is 15.9 Å². The van der Waals surface area contributed by atoms with Gasteiger partial charge in [-0.25, -0.2) is 13.2 Å². The van der Waals surface area contributed by atoms with Crippen molar-refractivity contribution >= 4 is 44.9 Å². The van der Waals surface area contributed by atoms with Gasteiger partial charge in [-0.2, -0.15) is 0 Å². The van der Waals surface area contributed by atoms with E-state index in [1.165, 1.54) is 23.5 Å². The van der Waals surface area contributed by atoms with Crippen molar-refractivity contribution in [1.82, 2.24) is 0 Å². The van der Waals surface area contributed by atoms with Crippen molar-refractivity contribution in [1.29, 1.82) is 0 Å². The van der Waals surface area contributed by atoms with E-state index in [1.54, 1.807) is 54.6 Å². The second-order valence-electron chi connectivity index (χ2n) is 7.50. The van der Waals surface area contributed by atoms with Gasteiger partial charge in [0.2, 0.25) is 0 Å². The lowest BCUT2D eigenvalue weighted by atomic mass is 10.0. The van der Waals surface area contributed by atoms with Crippen LogP contribution in [0.2, 0.25) is 5.02 Å². The average molecular weight is 485 g/mol. The number of carbonyl (C=O) groups is 2. The van der Waals surface area contributed by atoms with Gasteiger partial charge in [-0.15, -0.1) is 0 Å². The Hall–Kier alpha value is -3.36. The van der Waals surface area contributed by atoms with Crippen LogP contribution in [-0.2, 0) is 21.2 Å². The average Bonchev–Trinajstić information content (AvgIpc) is 2.83. The number of nitrogens with zero attached hydrogens (tertiary/aromatic N) is 1. The van der Waals surface area contributed by atoms with Crippen LogP contribution in [0, 0.1) is 0 Å². The summed E-state index contributed by atoms with van der Waals surface area (Å²) in [6, 6.07) is 17.4. The number of amides is 1. The number of benzene rings is 3. The molecule has 3 aromatic carbocycles. The molecule has 1 amide bonds. The molecule has 0 aliphatic carbocycles. The summed E-state index contributed by atoms with van der Waals surface area (Å²) in [5, 5.41) is 3.25. The Bertz CT molecular complexity index is 1310. The number of hydrogen-bond donors (Lipinski definition) is 1. The highest BCUT2D eigenvalue weighted by Crippen LogP contribution is 2.33. The van der Waals surface area contributed by atoms with Crippen LogP contribution >= 0.6 is 11.6 Å².